The van der Waals surface area contributed by atoms with Gasteiger partial charge in [0.15, 0.2) is 0 Å². The molecule has 1 aromatic carbocycles. The summed E-state index contributed by atoms with van der Waals surface area (Å²) in [6.45, 7) is 6.60. The van der Waals surface area contributed by atoms with E-state index in [0.717, 1.165) is 50.0 Å². The largest absolute Gasteiger partial charge is 0.491 e. The summed E-state index contributed by atoms with van der Waals surface area (Å²) in [4.78, 5) is 6.05. The van der Waals surface area contributed by atoms with Crippen LogP contribution in [0.2, 0.25) is 0 Å². The highest BCUT2D eigenvalue weighted by Crippen LogP contribution is 2.24. The number of hydrogen-bond acceptors (Lipinski definition) is 5. The highest BCUT2D eigenvalue weighted by atomic mass is 32.1. The van der Waals surface area contributed by atoms with E-state index in [0.29, 0.717) is 6.54 Å². The number of ether oxygens (including phenoxy) is 1. The van der Waals surface area contributed by atoms with E-state index in [9.17, 15) is 0 Å². The fourth-order valence-corrected chi connectivity index (χ4v) is 3.45. The van der Waals surface area contributed by atoms with Crippen LogP contribution in [-0.2, 0) is 6.54 Å². The van der Waals surface area contributed by atoms with Gasteiger partial charge in [-0.25, -0.2) is 0 Å². The van der Waals surface area contributed by atoms with Gasteiger partial charge in [0.2, 0.25) is 0 Å². The van der Waals surface area contributed by atoms with Crippen molar-refractivity contribution < 1.29 is 4.74 Å². The molecule has 2 aromatic rings. The van der Waals surface area contributed by atoms with Gasteiger partial charge in [-0.15, -0.1) is 11.3 Å². The van der Waals surface area contributed by atoms with Crippen molar-refractivity contribution in [3.8, 4) is 5.75 Å². The minimum absolute atomic E-state index is 0.558. The minimum atomic E-state index is 0.558. The Labute approximate surface area is 136 Å². The first-order valence-corrected chi connectivity index (χ1v) is 8.66. The number of rotatable bonds is 6. The Morgan fingerprint density at radius 1 is 1.05 bits per heavy atom. The van der Waals surface area contributed by atoms with Gasteiger partial charge in [-0.2, -0.15) is 0 Å². The van der Waals surface area contributed by atoms with Gasteiger partial charge in [-0.3, -0.25) is 4.90 Å². The summed E-state index contributed by atoms with van der Waals surface area (Å²) < 4.78 is 5.86. The molecule has 5 heteroatoms. The van der Waals surface area contributed by atoms with Crippen LogP contribution in [0, 0.1) is 0 Å². The fraction of sp³-hybridized carbons (Fsp3) is 0.412. The highest BCUT2D eigenvalue weighted by Gasteiger charge is 2.16. The second kappa shape index (κ2) is 7.63. The maximum atomic E-state index is 5.86. The summed E-state index contributed by atoms with van der Waals surface area (Å²) in [6.07, 6.45) is 0. The molecule has 1 fully saturated rings. The lowest BCUT2D eigenvalue weighted by Gasteiger charge is -2.36. The molecule has 0 spiro atoms. The van der Waals surface area contributed by atoms with Crippen molar-refractivity contribution in [2.75, 3.05) is 44.2 Å². The van der Waals surface area contributed by atoms with Crippen LogP contribution < -0.4 is 15.4 Å². The standard InChI is InChI=1S/C17H23N3OS/c18-14-17-16(6-13-22-17)21-12-11-19-7-9-20(10-8-19)15-4-2-1-3-5-15/h1-6,13H,7-12,14,18H2. The van der Waals surface area contributed by atoms with Gasteiger partial charge in [0.25, 0.3) is 0 Å². The van der Waals surface area contributed by atoms with Gasteiger partial charge in [-0.05, 0) is 23.6 Å². The lowest BCUT2D eigenvalue weighted by atomic mass is 10.2. The fourth-order valence-electron chi connectivity index (χ4n) is 2.76. The maximum absolute atomic E-state index is 5.86. The van der Waals surface area contributed by atoms with Crippen molar-refractivity contribution in [2.45, 2.75) is 6.54 Å². The number of anilines is 1. The lowest BCUT2D eigenvalue weighted by molar-refractivity contribution is 0.200. The van der Waals surface area contributed by atoms with Crippen molar-refractivity contribution in [3.05, 3.63) is 46.7 Å². The first-order valence-electron chi connectivity index (χ1n) is 7.78. The molecule has 1 saturated heterocycles. The van der Waals surface area contributed by atoms with Crippen LogP contribution in [0.3, 0.4) is 0 Å². The van der Waals surface area contributed by atoms with Gasteiger partial charge in [0.05, 0.1) is 4.88 Å². The molecule has 0 unspecified atom stereocenters. The predicted molar refractivity (Wildman–Crippen MR) is 92.8 cm³/mol. The average Bonchev–Trinajstić information content (AvgIpc) is 3.04. The number of nitrogens with zero attached hydrogens (tertiary/aromatic N) is 2. The number of piperazine rings is 1. The van der Waals surface area contributed by atoms with Crippen molar-refractivity contribution in [1.82, 2.24) is 4.90 Å². The Kier molecular flexibility index (Phi) is 5.32. The molecule has 0 bridgehead atoms. The Balaban J connectivity index is 1.41. The first-order chi connectivity index (χ1) is 10.9. The van der Waals surface area contributed by atoms with Crippen LogP contribution >= 0.6 is 11.3 Å². The van der Waals surface area contributed by atoms with Crippen LogP contribution in [0.25, 0.3) is 0 Å². The molecule has 22 heavy (non-hydrogen) atoms. The SMILES string of the molecule is NCc1sccc1OCCN1CCN(c2ccccc2)CC1. The monoisotopic (exact) mass is 317 g/mol. The number of hydrogen-bond donors (Lipinski definition) is 1. The van der Waals surface area contributed by atoms with Crippen molar-refractivity contribution in [3.63, 3.8) is 0 Å². The van der Waals surface area contributed by atoms with Gasteiger partial charge in [-0.1, -0.05) is 18.2 Å². The van der Waals surface area contributed by atoms with E-state index in [1.54, 1.807) is 11.3 Å². The van der Waals surface area contributed by atoms with E-state index in [-0.39, 0.29) is 0 Å². The van der Waals surface area contributed by atoms with Crippen molar-refractivity contribution >= 4 is 17.0 Å². The van der Waals surface area contributed by atoms with Crippen LogP contribution in [0.5, 0.6) is 5.75 Å². The van der Waals surface area contributed by atoms with Crippen molar-refractivity contribution in [1.29, 1.82) is 0 Å². The molecule has 1 aliphatic rings. The van der Waals surface area contributed by atoms with Gasteiger partial charge in [0, 0.05) is 45.0 Å². The predicted octanol–water partition coefficient (Wildman–Crippen LogP) is 2.41. The zero-order chi connectivity index (χ0) is 15.2. The van der Waals surface area contributed by atoms with Crippen LogP contribution in [0.4, 0.5) is 5.69 Å². The third-order valence-electron chi connectivity index (χ3n) is 4.05. The second-order valence-electron chi connectivity index (χ2n) is 5.42. The Morgan fingerprint density at radius 2 is 1.82 bits per heavy atom. The Hall–Kier alpha value is -1.56. The summed E-state index contributed by atoms with van der Waals surface area (Å²) in [5.74, 6) is 0.954. The van der Waals surface area contributed by atoms with E-state index in [2.05, 4.69) is 40.1 Å². The number of benzene rings is 1. The number of para-hydroxylation sites is 1. The van der Waals surface area contributed by atoms with Gasteiger partial charge < -0.3 is 15.4 Å². The minimum Gasteiger partial charge on any atom is -0.491 e. The van der Waals surface area contributed by atoms with E-state index in [1.807, 2.05) is 11.4 Å². The molecule has 0 radical (unpaired) electrons. The van der Waals surface area contributed by atoms with Gasteiger partial charge in [0.1, 0.15) is 12.4 Å². The molecule has 0 amide bonds. The summed E-state index contributed by atoms with van der Waals surface area (Å²) >= 11 is 1.66. The quantitative estimate of drug-likeness (QED) is 0.888. The number of nitrogens with two attached hydrogens (primary N) is 1. The third-order valence-corrected chi connectivity index (χ3v) is 4.97. The molecule has 4 nitrogen and oxygen atoms in total. The second-order valence-corrected chi connectivity index (χ2v) is 6.43. The van der Waals surface area contributed by atoms with Gasteiger partial charge >= 0.3 is 0 Å². The topological polar surface area (TPSA) is 41.7 Å². The molecule has 1 aliphatic heterocycles. The molecule has 0 saturated carbocycles. The summed E-state index contributed by atoms with van der Waals surface area (Å²) in [5, 5.41) is 2.04. The lowest BCUT2D eigenvalue weighted by Crippen LogP contribution is -2.47. The molecule has 1 aromatic heterocycles. The Morgan fingerprint density at radius 3 is 2.55 bits per heavy atom. The van der Waals surface area contributed by atoms with E-state index in [4.69, 9.17) is 10.5 Å². The van der Waals surface area contributed by atoms with Crippen LogP contribution in [0.15, 0.2) is 41.8 Å². The van der Waals surface area contributed by atoms with Crippen LogP contribution in [-0.4, -0.2) is 44.2 Å². The third kappa shape index (κ3) is 3.80. The molecular formula is C17H23N3OS. The smallest absolute Gasteiger partial charge is 0.134 e. The zero-order valence-electron chi connectivity index (χ0n) is 12.8. The van der Waals surface area contributed by atoms with Crippen molar-refractivity contribution in [2.24, 2.45) is 5.73 Å². The summed E-state index contributed by atoms with van der Waals surface area (Å²) in [6, 6.07) is 12.7. The van der Waals surface area contributed by atoms with E-state index < -0.39 is 0 Å². The molecule has 2 heterocycles. The average molecular weight is 317 g/mol. The number of thiophene rings is 1. The van der Waals surface area contributed by atoms with E-state index in [1.165, 1.54) is 5.69 Å². The molecule has 3 rings (SSSR count). The van der Waals surface area contributed by atoms with E-state index >= 15 is 0 Å². The zero-order valence-corrected chi connectivity index (χ0v) is 13.6. The highest BCUT2D eigenvalue weighted by molar-refractivity contribution is 7.10. The van der Waals surface area contributed by atoms with Crippen LogP contribution in [0.1, 0.15) is 4.88 Å². The normalized spacial score (nSPS) is 16.0. The molecular weight excluding hydrogens is 294 g/mol. The first kappa shape index (κ1) is 15.3. The summed E-state index contributed by atoms with van der Waals surface area (Å²) in [7, 11) is 0. The molecule has 118 valence electrons. The molecule has 0 aliphatic carbocycles. The summed E-state index contributed by atoms with van der Waals surface area (Å²) in [5.41, 5.74) is 7.02. The molecule has 0 atom stereocenters. The maximum Gasteiger partial charge on any atom is 0.134 e. The Bertz CT molecular complexity index is 564. The molecule has 2 N–H and O–H groups in total.